The number of hydrogen-bond acceptors (Lipinski definition) is 4. The van der Waals surface area contributed by atoms with Gasteiger partial charge >= 0.3 is 5.97 Å². The van der Waals surface area contributed by atoms with E-state index >= 15 is 0 Å². The molecule has 2 aromatic carbocycles. The summed E-state index contributed by atoms with van der Waals surface area (Å²) in [5.41, 5.74) is 6.37. The predicted molar refractivity (Wildman–Crippen MR) is 125 cm³/mol. The number of hydrogen-bond donors (Lipinski definition) is 1. The number of methoxy groups -OCH3 is 1. The number of ether oxygens (including phenoxy) is 1. The Labute approximate surface area is 187 Å². The molecule has 1 heterocycles. The Balaban J connectivity index is 2.01. The molecule has 0 atom stereocenters. The monoisotopic (exact) mass is 427 g/mol. The van der Waals surface area contributed by atoms with Crippen LogP contribution in [0.25, 0.3) is 11.8 Å². The molecule has 1 aromatic heterocycles. The summed E-state index contributed by atoms with van der Waals surface area (Å²) in [6.45, 7) is 7.70. The molecule has 0 aliphatic carbocycles. The van der Waals surface area contributed by atoms with E-state index in [1.807, 2.05) is 68.7 Å². The molecular formula is C26H25N3O3. The first-order chi connectivity index (χ1) is 15.3. The van der Waals surface area contributed by atoms with Crippen molar-refractivity contribution in [3.8, 4) is 11.8 Å². The largest absolute Gasteiger partial charge is 0.465 e. The topological polar surface area (TPSA) is 84.1 Å². The lowest BCUT2D eigenvalue weighted by Crippen LogP contribution is -2.14. The van der Waals surface area contributed by atoms with E-state index in [2.05, 4.69) is 5.32 Å². The Morgan fingerprint density at radius 2 is 1.75 bits per heavy atom. The molecule has 32 heavy (non-hydrogen) atoms. The van der Waals surface area contributed by atoms with Gasteiger partial charge in [-0.05, 0) is 74.7 Å². The minimum atomic E-state index is -0.463. The summed E-state index contributed by atoms with van der Waals surface area (Å²) in [5.74, 6) is -0.871. The fourth-order valence-corrected chi connectivity index (χ4v) is 3.61. The standard InChI is InChI=1S/C26H25N3O3/c1-16-8-6-7-9-23(16)28-25(30)22(15-27)13-21-12-18(3)29(19(21)4)24-14-20(26(31)32-5)11-10-17(24)2/h6-14H,1-5H3,(H,28,30)/b22-13-. The minimum absolute atomic E-state index is 0.00790. The second kappa shape index (κ2) is 9.36. The summed E-state index contributed by atoms with van der Waals surface area (Å²) in [7, 11) is 1.35. The first kappa shape index (κ1) is 22.6. The van der Waals surface area contributed by atoms with Crippen molar-refractivity contribution in [2.45, 2.75) is 27.7 Å². The van der Waals surface area contributed by atoms with Crippen molar-refractivity contribution in [2.75, 3.05) is 12.4 Å². The van der Waals surface area contributed by atoms with Gasteiger partial charge in [-0.15, -0.1) is 0 Å². The van der Waals surface area contributed by atoms with E-state index in [9.17, 15) is 14.9 Å². The average molecular weight is 428 g/mol. The van der Waals surface area contributed by atoms with Gasteiger partial charge in [0.15, 0.2) is 0 Å². The van der Waals surface area contributed by atoms with Gasteiger partial charge in [0.05, 0.1) is 12.7 Å². The van der Waals surface area contributed by atoms with Gasteiger partial charge in [-0.1, -0.05) is 24.3 Å². The number of benzene rings is 2. The van der Waals surface area contributed by atoms with Crippen molar-refractivity contribution < 1.29 is 14.3 Å². The highest BCUT2D eigenvalue weighted by molar-refractivity contribution is 6.10. The number of carbonyl (C=O) groups is 2. The number of carbonyl (C=O) groups excluding carboxylic acids is 2. The van der Waals surface area contributed by atoms with Crippen molar-refractivity contribution in [3.05, 3.63) is 87.7 Å². The van der Waals surface area contributed by atoms with Crippen LogP contribution < -0.4 is 5.32 Å². The van der Waals surface area contributed by atoms with Crippen LogP contribution in [0.4, 0.5) is 5.69 Å². The summed E-state index contributed by atoms with van der Waals surface area (Å²) in [4.78, 5) is 24.7. The quantitative estimate of drug-likeness (QED) is 0.351. The number of aryl methyl sites for hydroxylation is 3. The van der Waals surface area contributed by atoms with Gasteiger partial charge in [0.1, 0.15) is 11.6 Å². The van der Waals surface area contributed by atoms with Gasteiger partial charge in [-0.2, -0.15) is 5.26 Å². The molecule has 0 saturated carbocycles. The maximum Gasteiger partial charge on any atom is 0.337 e. The zero-order valence-corrected chi connectivity index (χ0v) is 18.8. The fourth-order valence-electron chi connectivity index (χ4n) is 3.61. The first-order valence-electron chi connectivity index (χ1n) is 10.1. The first-order valence-corrected chi connectivity index (χ1v) is 10.1. The second-order valence-electron chi connectivity index (χ2n) is 7.59. The Morgan fingerprint density at radius 1 is 1.03 bits per heavy atom. The molecule has 0 saturated heterocycles. The van der Waals surface area contributed by atoms with E-state index in [0.29, 0.717) is 11.3 Å². The third-order valence-electron chi connectivity index (χ3n) is 5.40. The van der Waals surface area contributed by atoms with Crippen molar-refractivity contribution in [1.82, 2.24) is 4.57 Å². The lowest BCUT2D eigenvalue weighted by molar-refractivity contribution is -0.112. The molecule has 0 aliphatic heterocycles. The SMILES string of the molecule is COC(=O)c1ccc(C)c(-n2c(C)cc(/C=C(/C#N)C(=O)Nc3ccccc3C)c2C)c1. The predicted octanol–water partition coefficient (Wildman–Crippen LogP) is 5.04. The van der Waals surface area contributed by atoms with Crippen LogP contribution in [0.5, 0.6) is 0 Å². The lowest BCUT2D eigenvalue weighted by Gasteiger charge is -2.14. The normalized spacial score (nSPS) is 11.1. The number of nitrogens with zero attached hydrogens (tertiary/aromatic N) is 2. The summed E-state index contributed by atoms with van der Waals surface area (Å²) >= 11 is 0. The van der Waals surface area contributed by atoms with Crippen molar-refractivity contribution in [3.63, 3.8) is 0 Å². The molecule has 6 heteroatoms. The number of rotatable bonds is 5. The minimum Gasteiger partial charge on any atom is -0.465 e. The highest BCUT2D eigenvalue weighted by Crippen LogP contribution is 2.26. The molecule has 3 rings (SSSR count). The van der Waals surface area contributed by atoms with Gasteiger partial charge < -0.3 is 14.6 Å². The molecule has 0 unspecified atom stereocenters. The zero-order chi connectivity index (χ0) is 23.4. The van der Waals surface area contributed by atoms with E-state index in [1.165, 1.54) is 7.11 Å². The number of nitriles is 1. The van der Waals surface area contributed by atoms with Crippen molar-refractivity contribution >= 4 is 23.6 Å². The molecule has 3 aromatic rings. The van der Waals surface area contributed by atoms with E-state index in [1.54, 1.807) is 24.3 Å². The molecule has 0 aliphatic rings. The summed E-state index contributed by atoms with van der Waals surface area (Å²) < 4.78 is 6.85. The zero-order valence-electron chi connectivity index (χ0n) is 18.8. The highest BCUT2D eigenvalue weighted by atomic mass is 16.5. The third kappa shape index (κ3) is 4.47. The number of para-hydroxylation sites is 1. The molecule has 6 nitrogen and oxygen atoms in total. The Morgan fingerprint density at radius 3 is 2.41 bits per heavy atom. The molecule has 0 radical (unpaired) electrons. The number of aromatic nitrogens is 1. The number of anilines is 1. The van der Waals surface area contributed by atoms with Crippen molar-refractivity contribution in [1.29, 1.82) is 5.26 Å². The smallest absolute Gasteiger partial charge is 0.337 e. The molecular weight excluding hydrogens is 402 g/mol. The Kier molecular flexibility index (Phi) is 6.60. The van der Waals surface area contributed by atoms with Crippen LogP contribution in [0.1, 0.15) is 38.4 Å². The van der Waals surface area contributed by atoms with Gasteiger partial charge in [0.25, 0.3) is 5.91 Å². The van der Waals surface area contributed by atoms with Crippen LogP contribution in [0.3, 0.4) is 0 Å². The fraction of sp³-hybridized carbons (Fsp3) is 0.192. The summed E-state index contributed by atoms with van der Waals surface area (Å²) in [6, 6.07) is 16.7. The van der Waals surface area contributed by atoms with Gasteiger partial charge in [-0.25, -0.2) is 4.79 Å². The van der Waals surface area contributed by atoms with E-state index in [0.717, 1.165) is 33.8 Å². The number of esters is 1. The van der Waals surface area contributed by atoms with Gasteiger partial charge in [0, 0.05) is 22.8 Å². The Hall–Kier alpha value is -4.11. The second-order valence-corrected chi connectivity index (χ2v) is 7.59. The van der Waals surface area contributed by atoms with Gasteiger partial charge in [0.2, 0.25) is 0 Å². The van der Waals surface area contributed by atoms with E-state index < -0.39 is 11.9 Å². The highest BCUT2D eigenvalue weighted by Gasteiger charge is 2.17. The van der Waals surface area contributed by atoms with Crippen LogP contribution in [0, 0.1) is 39.0 Å². The number of amides is 1. The van der Waals surface area contributed by atoms with Crippen LogP contribution in [-0.4, -0.2) is 23.6 Å². The van der Waals surface area contributed by atoms with Crippen LogP contribution in [0.2, 0.25) is 0 Å². The van der Waals surface area contributed by atoms with Crippen LogP contribution in [0.15, 0.2) is 54.1 Å². The average Bonchev–Trinajstić information content (AvgIpc) is 3.06. The number of nitrogens with one attached hydrogen (secondary N) is 1. The third-order valence-corrected chi connectivity index (χ3v) is 5.40. The van der Waals surface area contributed by atoms with E-state index in [4.69, 9.17) is 4.74 Å². The maximum atomic E-state index is 12.7. The lowest BCUT2D eigenvalue weighted by atomic mass is 10.1. The summed E-state index contributed by atoms with van der Waals surface area (Å²) in [6.07, 6.45) is 1.59. The molecule has 1 amide bonds. The summed E-state index contributed by atoms with van der Waals surface area (Å²) in [5, 5.41) is 12.4. The molecule has 0 fully saturated rings. The Bertz CT molecular complexity index is 1280. The van der Waals surface area contributed by atoms with E-state index in [-0.39, 0.29) is 5.57 Å². The molecule has 1 N–H and O–H groups in total. The maximum absolute atomic E-state index is 12.7. The molecule has 0 spiro atoms. The molecule has 0 bridgehead atoms. The van der Waals surface area contributed by atoms with Crippen molar-refractivity contribution in [2.24, 2.45) is 0 Å². The van der Waals surface area contributed by atoms with Crippen LogP contribution >= 0.6 is 0 Å². The van der Waals surface area contributed by atoms with Crippen LogP contribution in [-0.2, 0) is 9.53 Å². The van der Waals surface area contributed by atoms with Gasteiger partial charge in [-0.3, -0.25) is 4.79 Å². The molecule has 162 valence electrons.